The minimum Gasteiger partial charge on any atom is -0.305 e. The number of rotatable bonds is 6. The monoisotopic (exact) mass is 292 g/mol. The molecule has 0 fully saturated rings. The number of aromatic nitrogens is 1. The van der Waals surface area contributed by atoms with Crippen LogP contribution in [0, 0.1) is 12.7 Å². The van der Waals surface area contributed by atoms with Crippen molar-refractivity contribution in [2.75, 3.05) is 6.54 Å². The van der Waals surface area contributed by atoms with E-state index in [2.05, 4.69) is 24.1 Å². The van der Waals surface area contributed by atoms with Gasteiger partial charge in [0.05, 0.1) is 5.54 Å². The van der Waals surface area contributed by atoms with Crippen LogP contribution in [0.3, 0.4) is 0 Å². The molecule has 0 bridgehead atoms. The largest absolute Gasteiger partial charge is 0.305 e. The Morgan fingerprint density at radius 3 is 2.70 bits per heavy atom. The predicted molar refractivity (Wildman–Crippen MR) is 82.6 cm³/mol. The average molecular weight is 292 g/mol. The highest BCUT2D eigenvalue weighted by Crippen LogP contribution is 2.29. The SMILES string of the molecule is CCCNC(C)(Cc1ccccc1F)c1nc(C)cs1. The van der Waals surface area contributed by atoms with Crippen molar-refractivity contribution in [3.05, 3.63) is 51.7 Å². The third kappa shape index (κ3) is 3.44. The number of hydrogen-bond acceptors (Lipinski definition) is 3. The zero-order chi connectivity index (χ0) is 14.6. The van der Waals surface area contributed by atoms with Crippen LogP contribution in [0.25, 0.3) is 0 Å². The molecule has 0 amide bonds. The molecule has 0 radical (unpaired) electrons. The Balaban J connectivity index is 2.30. The Morgan fingerprint density at radius 1 is 1.35 bits per heavy atom. The first-order valence-electron chi connectivity index (χ1n) is 6.96. The summed E-state index contributed by atoms with van der Waals surface area (Å²) >= 11 is 1.64. The minimum absolute atomic E-state index is 0.148. The lowest BCUT2D eigenvalue weighted by molar-refractivity contribution is 0.357. The van der Waals surface area contributed by atoms with E-state index in [0.29, 0.717) is 6.42 Å². The van der Waals surface area contributed by atoms with Crippen molar-refractivity contribution in [1.29, 1.82) is 0 Å². The van der Waals surface area contributed by atoms with E-state index in [9.17, 15) is 4.39 Å². The van der Waals surface area contributed by atoms with Crippen molar-refractivity contribution >= 4 is 11.3 Å². The molecule has 1 unspecified atom stereocenters. The first-order chi connectivity index (χ1) is 9.55. The van der Waals surface area contributed by atoms with Crippen molar-refractivity contribution < 1.29 is 4.39 Å². The third-order valence-corrected chi connectivity index (χ3v) is 4.58. The minimum atomic E-state index is -0.322. The summed E-state index contributed by atoms with van der Waals surface area (Å²) in [4.78, 5) is 4.60. The fraction of sp³-hybridized carbons (Fsp3) is 0.438. The van der Waals surface area contributed by atoms with Gasteiger partial charge in [0, 0.05) is 11.1 Å². The number of hydrogen-bond donors (Lipinski definition) is 1. The van der Waals surface area contributed by atoms with Gasteiger partial charge in [-0.05, 0) is 44.9 Å². The molecule has 0 saturated heterocycles. The molecule has 0 saturated carbocycles. The number of nitrogens with one attached hydrogen (secondary N) is 1. The molecule has 1 N–H and O–H groups in total. The molecule has 108 valence electrons. The van der Waals surface area contributed by atoms with Crippen LogP contribution in [0.5, 0.6) is 0 Å². The third-order valence-electron chi connectivity index (χ3n) is 3.36. The Morgan fingerprint density at radius 2 is 2.10 bits per heavy atom. The fourth-order valence-electron chi connectivity index (χ4n) is 2.24. The van der Waals surface area contributed by atoms with Gasteiger partial charge in [-0.3, -0.25) is 0 Å². The van der Waals surface area contributed by atoms with Gasteiger partial charge in [-0.1, -0.05) is 25.1 Å². The van der Waals surface area contributed by atoms with Gasteiger partial charge in [0.2, 0.25) is 0 Å². The second-order valence-corrected chi connectivity index (χ2v) is 6.18. The van der Waals surface area contributed by atoms with E-state index in [4.69, 9.17) is 0 Å². The molecule has 2 aromatic rings. The molecule has 4 heteroatoms. The molecule has 0 aliphatic heterocycles. The number of thiazole rings is 1. The van der Waals surface area contributed by atoms with E-state index in [-0.39, 0.29) is 11.4 Å². The Kier molecular flexibility index (Phi) is 4.89. The first kappa shape index (κ1) is 15.1. The van der Waals surface area contributed by atoms with Crippen molar-refractivity contribution in [2.24, 2.45) is 0 Å². The zero-order valence-corrected chi connectivity index (χ0v) is 13.1. The average Bonchev–Trinajstić information content (AvgIpc) is 2.87. The standard InChI is InChI=1S/C16H21FN2S/c1-4-9-18-16(3,15-19-12(2)11-20-15)10-13-7-5-6-8-14(13)17/h5-8,11,18H,4,9-10H2,1-3H3. The maximum absolute atomic E-state index is 13.9. The summed E-state index contributed by atoms with van der Waals surface area (Å²) in [5, 5.41) is 6.60. The van der Waals surface area contributed by atoms with E-state index >= 15 is 0 Å². The second kappa shape index (κ2) is 6.46. The summed E-state index contributed by atoms with van der Waals surface area (Å²) in [5.41, 5.74) is 1.42. The van der Waals surface area contributed by atoms with Crippen LogP contribution in [0.15, 0.2) is 29.6 Å². The highest BCUT2D eigenvalue weighted by molar-refractivity contribution is 7.09. The zero-order valence-electron chi connectivity index (χ0n) is 12.2. The summed E-state index contributed by atoms with van der Waals surface area (Å²) in [5.74, 6) is -0.148. The van der Waals surface area contributed by atoms with Crippen LogP contribution in [0.1, 0.15) is 36.5 Å². The van der Waals surface area contributed by atoms with Gasteiger partial charge in [0.1, 0.15) is 10.8 Å². The lowest BCUT2D eigenvalue weighted by Gasteiger charge is -2.29. The van der Waals surface area contributed by atoms with E-state index in [1.165, 1.54) is 6.07 Å². The van der Waals surface area contributed by atoms with Gasteiger partial charge in [-0.15, -0.1) is 11.3 Å². The van der Waals surface area contributed by atoms with Crippen molar-refractivity contribution in [2.45, 2.75) is 39.2 Å². The van der Waals surface area contributed by atoms with Gasteiger partial charge in [0.15, 0.2) is 0 Å². The van der Waals surface area contributed by atoms with Gasteiger partial charge in [-0.2, -0.15) is 0 Å². The Hall–Kier alpha value is -1.26. The number of halogens is 1. The van der Waals surface area contributed by atoms with E-state index in [1.807, 2.05) is 24.4 Å². The topological polar surface area (TPSA) is 24.9 Å². The van der Waals surface area contributed by atoms with Gasteiger partial charge < -0.3 is 5.32 Å². The molecule has 2 rings (SSSR count). The van der Waals surface area contributed by atoms with Gasteiger partial charge >= 0.3 is 0 Å². The van der Waals surface area contributed by atoms with Crippen LogP contribution in [0.2, 0.25) is 0 Å². The fourth-order valence-corrected chi connectivity index (χ4v) is 3.18. The van der Waals surface area contributed by atoms with E-state index in [1.54, 1.807) is 17.4 Å². The maximum atomic E-state index is 13.9. The molecule has 1 aromatic carbocycles. The molecule has 0 spiro atoms. The smallest absolute Gasteiger partial charge is 0.126 e. The van der Waals surface area contributed by atoms with Gasteiger partial charge in [0.25, 0.3) is 0 Å². The quantitative estimate of drug-likeness (QED) is 0.869. The second-order valence-electron chi connectivity index (χ2n) is 5.32. The Labute approximate surface area is 124 Å². The van der Waals surface area contributed by atoms with Gasteiger partial charge in [-0.25, -0.2) is 9.37 Å². The van der Waals surface area contributed by atoms with Crippen LogP contribution < -0.4 is 5.32 Å². The molecule has 1 heterocycles. The number of benzene rings is 1. The highest BCUT2D eigenvalue weighted by Gasteiger charge is 2.30. The van der Waals surface area contributed by atoms with Crippen LogP contribution in [0.4, 0.5) is 4.39 Å². The number of nitrogens with zero attached hydrogens (tertiary/aromatic N) is 1. The lowest BCUT2D eigenvalue weighted by Crippen LogP contribution is -2.42. The van der Waals surface area contributed by atoms with E-state index < -0.39 is 0 Å². The molecular weight excluding hydrogens is 271 g/mol. The van der Waals surface area contributed by atoms with Crippen molar-refractivity contribution in [3.63, 3.8) is 0 Å². The van der Waals surface area contributed by atoms with Crippen LogP contribution >= 0.6 is 11.3 Å². The van der Waals surface area contributed by atoms with Crippen molar-refractivity contribution in [3.8, 4) is 0 Å². The molecule has 0 aliphatic carbocycles. The number of aryl methyl sites for hydroxylation is 1. The maximum Gasteiger partial charge on any atom is 0.126 e. The molecule has 1 atom stereocenters. The van der Waals surface area contributed by atoms with Crippen LogP contribution in [-0.2, 0) is 12.0 Å². The normalized spacial score (nSPS) is 14.2. The highest BCUT2D eigenvalue weighted by atomic mass is 32.1. The summed E-state index contributed by atoms with van der Waals surface area (Å²) < 4.78 is 13.9. The summed E-state index contributed by atoms with van der Waals surface area (Å²) in [6, 6.07) is 6.97. The first-order valence-corrected chi connectivity index (χ1v) is 7.84. The molecule has 20 heavy (non-hydrogen) atoms. The Bertz CT molecular complexity index is 567. The van der Waals surface area contributed by atoms with Crippen molar-refractivity contribution in [1.82, 2.24) is 10.3 Å². The van der Waals surface area contributed by atoms with E-state index in [0.717, 1.165) is 29.2 Å². The summed E-state index contributed by atoms with van der Waals surface area (Å²) in [6.45, 7) is 7.11. The molecule has 1 aromatic heterocycles. The molecule has 2 nitrogen and oxygen atoms in total. The predicted octanol–water partition coefficient (Wildman–Crippen LogP) is 4.05. The lowest BCUT2D eigenvalue weighted by atomic mass is 9.92. The summed E-state index contributed by atoms with van der Waals surface area (Å²) in [7, 11) is 0. The molecule has 0 aliphatic rings. The van der Waals surface area contributed by atoms with Crippen LogP contribution in [-0.4, -0.2) is 11.5 Å². The summed E-state index contributed by atoms with van der Waals surface area (Å²) in [6.07, 6.45) is 1.64. The molecular formula is C16H21FN2S.